The van der Waals surface area contributed by atoms with Crippen LogP contribution in [-0.4, -0.2) is 87.2 Å². The van der Waals surface area contributed by atoms with Crippen LogP contribution in [0, 0.1) is 11.8 Å². The molecular weight excluding hydrogens is 481 g/mol. The highest BCUT2D eigenvalue weighted by Crippen LogP contribution is 2.17. The summed E-state index contributed by atoms with van der Waals surface area (Å²) in [5.74, 6) is 1.95. The molecule has 2 N–H and O–H groups in total. The van der Waals surface area contributed by atoms with Gasteiger partial charge in [-0.3, -0.25) is 14.7 Å². The number of amides is 1. The lowest BCUT2D eigenvalue weighted by Gasteiger charge is -2.35. The summed E-state index contributed by atoms with van der Waals surface area (Å²) in [6.45, 7) is 13.9. The first-order chi connectivity index (χ1) is 13.6. The van der Waals surface area contributed by atoms with Crippen LogP contribution in [0.15, 0.2) is 4.99 Å². The number of carbonyl (C=O) groups excluding carboxylic acids is 1. The van der Waals surface area contributed by atoms with Gasteiger partial charge in [0.2, 0.25) is 5.91 Å². The monoisotopic (exact) mass is 523 g/mol. The van der Waals surface area contributed by atoms with Crippen molar-refractivity contribution >= 4 is 35.8 Å². The van der Waals surface area contributed by atoms with Crippen molar-refractivity contribution in [2.24, 2.45) is 16.8 Å². The first kappa shape index (κ1) is 26.4. The Hall–Kier alpha value is -0.610. The predicted molar refractivity (Wildman–Crippen MR) is 130 cm³/mol. The zero-order chi connectivity index (χ0) is 20.4. The number of halogens is 1. The summed E-state index contributed by atoms with van der Waals surface area (Å²) in [4.78, 5) is 21.5. The fraction of sp³-hybridized carbons (Fsp3) is 0.905. The third-order valence-corrected chi connectivity index (χ3v) is 6.00. The number of hydrogen-bond acceptors (Lipinski definition) is 4. The molecule has 2 aliphatic rings. The summed E-state index contributed by atoms with van der Waals surface area (Å²) in [7, 11) is 1.83. The minimum absolute atomic E-state index is 0. The van der Waals surface area contributed by atoms with E-state index in [2.05, 4.69) is 46.2 Å². The third-order valence-electron chi connectivity index (χ3n) is 6.00. The summed E-state index contributed by atoms with van der Waals surface area (Å²) in [6, 6.07) is 0.381. The molecule has 7 nitrogen and oxygen atoms in total. The molecule has 8 heteroatoms. The van der Waals surface area contributed by atoms with E-state index in [9.17, 15) is 4.79 Å². The zero-order valence-corrected chi connectivity index (χ0v) is 21.1. The van der Waals surface area contributed by atoms with Crippen molar-refractivity contribution in [1.29, 1.82) is 0 Å². The van der Waals surface area contributed by atoms with E-state index in [1.165, 1.54) is 0 Å². The Kier molecular flexibility index (Phi) is 13.1. The van der Waals surface area contributed by atoms with Gasteiger partial charge in [-0.1, -0.05) is 20.8 Å². The lowest BCUT2D eigenvalue weighted by atomic mass is 9.98. The van der Waals surface area contributed by atoms with Crippen LogP contribution >= 0.6 is 24.0 Å². The summed E-state index contributed by atoms with van der Waals surface area (Å²) < 4.78 is 5.42. The largest absolute Gasteiger partial charge is 0.379 e. The SMILES string of the molecule is CCC(CC)C(=O)N1CCC(NC(=NC)NCC(C)CN2CCOCC2)CC1.I. The van der Waals surface area contributed by atoms with Crippen molar-refractivity contribution in [3.63, 3.8) is 0 Å². The van der Waals surface area contributed by atoms with Gasteiger partial charge in [-0.15, -0.1) is 24.0 Å². The zero-order valence-electron chi connectivity index (χ0n) is 18.8. The number of nitrogens with zero attached hydrogens (tertiary/aromatic N) is 3. The van der Waals surface area contributed by atoms with E-state index < -0.39 is 0 Å². The van der Waals surface area contributed by atoms with Gasteiger partial charge in [0.25, 0.3) is 0 Å². The Morgan fingerprint density at radius 3 is 2.31 bits per heavy atom. The lowest BCUT2D eigenvalue weighted by Crippen LogP contribution is -2.51. The Morgan fingerprint density at radius 1 is 1.14 bits per heavy atom. The Labute approximate surface area is 194 Å². The molecule has 0 aromatic heterocycles. The number of hydrogen-bond donors (Lipinski definition) is 2. The average Bonchev–Trinajstić information content (AvgIpc) is 2.73. The highest BCUT2D eigenvalue weighted by Gasteiger charge is 2.26. The molecule has 0 radical (unpaired) electrons. The van der Waals surface area contributed by atoms with Gasteiger partial charge >= 0.3 is 0 Å². The van der Waals surface area contributed by atoms with E-state index in [1.807, 2.05) is 7.05 Å². The Bertz CT molecular complexity index is 487. The number of ether oxygens (including phenoxy) is 1. The molecular formula is C21H42IN5O2. The molecule has 170 valence electrons. The van der Waals surface area contributed by atoms with E-state index in [4.69, 9.17) is 4.74 Å². The number of likely N-dealkylation sites (tertiary alicyclic amines) is 1. The maximum atomic E-state index is 12.5. The van der Waals surface area contributed by atoms with E-state index in [1.54, 1.807) is 0 Å². The molecule has 0 aromatic carbocycles. The van der Waals surface area contributed by atoms with Crippen molar-refractivity contribution in [3.05, 3.63) is 0 Å². The van der Waals surface area contributed by atoms with Crippen LogP contribution in [-0.2, 0) is 9.53 Å². The van der Waals surface area contributed by atoms with Crippen LogP contribution in [0.4, 0.5) is 0 Å². The van der Waals surface area contributed by atoms with Crippen molar-refractivity contribution in [1.82, 2.24) is 20.4 Å². The van der Waals surface area contributed by atoms with Crippen molar-refractivity contribution < 1.29 is 9.53 Å². The number of aliphatic imine (C=N–C) groups is 1. The van der Waals surface area contributed by atoms with Gasteiger partial charge in [0.05, 0.1) is 13.2 Å². The third kappa shape index (κ3) is 8.96. The van der Waals surface area contributed by atoms with Crippen molar-refractivity contribution in [2.75, 3.05) is 59.5 Å². The number of piperidine rings is 1. The van der Waals surface area contributed by atoms with Crippen LogP contribution in [0.3, 0.4) is 0 Å². The highest BCUT2D eigenvalue weighted by atomic mass is 127. The minimum Gasteiger partial charge on any atom is -0.379 e. The molecule has 1 amide bonds. The lowest BCUT2D eigenvalue weighted by molar-refractivity contribution is -0.136. The number of morpholine rings is 1. The van der Waals surface area contributed by atoms with Crippen molar-refractivity contribution in [3.8, 4) is 0 Å². The predicted octanol–water partition coefficient (Wildman–Crippen LogP) is 2.16. The van der Waals surface area contributed by atoms with Gasteiger partial charge in [0.15, 0.2) is 5.96 Å². The second-order valence-corrected chi connectivity index (χ2v) is 8.23. The average molecular weight is 524 g/mol. The molecule has 0 bridgehead atoms. The van der Waals surface area contributed by atoms with Gasteiger partial charge in [0, 0.05) is 58.3 Å². The van der Waals surface area contributed by atoms with Crippen LogP contribution in [0.2, 0.25) is 0 Å². The Balaban J connectivity index is 0.00000420. The molecule has 0 aromatic rings. The van der Waals surface area contributed by atoms with Crippen molar-refractivity contribution in [2.45, 2.75) is 52.5 Å². The molecule has 2 rings (SSSR count). The fourth-order valence-electron chi connectivity index (χ4n) is 4.09. The summed E-state index contributed by atoms with van der Waals surface area (Å²) in [5.41, 5.74) is 0. The van der Waals surface area contributed by atoms with E-state index in [0.717, 1.165) is 84.1 Å². The van der Waals surface area contributed by atoms with Crippen LogP contribution in [0.1, 0.15) is 46.5 Å². The smallest absolute Gasteiger partial charge is 0.225 e. The number of nitrogens with one attached hydrogen (secondary N) is 2. The molecule has 0 saturated carbocycles. The second-order valence-electron chi connectivity index (χ2n) is 8.23. The standard InChI is InChI=1S/C21H41N5O2.HI/c1-5-18(6-2)20(27)26-9-7-19(8-10-26)24-21(22-4)23-15-17(3)16-25-11-13-28-14-12-25;/h17-19H,5-16H2,1-4H3,(H2,22,23,24);1H. The molecule has 2 aliphatic heterocycles. The number of rotatable bonds is 8. The van der Waals surface area contributed by atoms with Crippen LogP contribution in [0.25, 0.3) is 0 Å². The summed E-state index contributed by atoms with van der Waals surface area (Å²) in [5, 5.41) is 7.03. The fourth-order valence-corrected chi connectivity index (χ4v) is 4.09. The van der Waals surface area contributed by atoms with Gasteiger partial charge < -0.3 is 20.3 Å². The maximum Gasteiger partial charge on any atom is 0.225 e. The highest BCUT2D eigenvalue weighted by molar-refractivity contribution is 14.0. The summed E-state index contributed by atoms with van der Waals surface area (Å²) in [6.07, 6.45) is 3.84. The topological polar surface area (TPSA) is 69.2 Å². The maximum absolute atomic E-state index is 12.5. The van der Waals surface area contributed by atoms with E-state index in [0.29, 0.717) is 17.9 Å². The normalized spacial score (nSPS) is 20.3. The quantitative estimate of drug-likeness (QED) is 0.290. The first-order valence-corrected chi connectivity index (χ1v) is 11.1. The van der Waals surface area contributed by atoms with Gasteiger partial charge in [0.1, 0.15) is 0 Å². The number of guanidine groups is 1. The minimum atomic E-state index is 0. The van der Waals surface area contributed by atoms with Gasteiger partial charge in [-0.2, -0.15) is 0 Å². The molecule has 2 saturated heterocycles. The molecule has 2 heterocycles. The van der Waals surface area contributed by atoms with Gasteiger partial charge in [-0.25, -0.2) is 0 Å². The van der Waals surface area contributed by atoms with E-state index in [-0.39, 0.29) is 29.9 Å². The summed E-state index contributed by atoms with van der Waals surface area (Å²) >= 11 is 0. The van der Waals surface area contributed by atoms with Gasteiger partial charge in [-0.05, 0) is 31.6 Å². The molecule has 0 spiro atoms. The number of carbonyl (C=O) groups is 1. The molecule has 1 unspecified atom stereocenters. The van der Waals surface area contributed by atoms with Crippen LogP contribution < -0.4 is 10.6 Å². The van der Waals surface area contributed by atoms with Crippen LogP contribution in [0.5, 0.6) is 0 Å². The first-order valence-electron chi connectivity index (χ1n) is 11.1. The molecule has 0 aliphatic carbocycles. The molecule has 1 atom stereocenters. The second kappa shape index (κ2) is 14.4. The Morgan fingerprint density at radius 2 is 1.76 bits per heavy atom. The molecule has 2 fully saturated rings. The molecule has 29 heavy (non-hydrogen) atoms. The van der Waals surface area contributed by atoms with E-state index >= 15 is 0 Å².